The zero-order chi connectivity index (χ0) is 17.3. The van der Waals surface area contributed by atoms with E-state index in [-0.39, 0.29) is 28.4 Å². The zero-order valence-electron chi connectivity index (χ0n) is 15.1. The normalized spacial score (nSPS) is 51.7. The summed E-state index contributed by atoms with van der Waals surface area (Å²) < 4.78 is 6.50. The van der Waals surface area contributed by atoms with Gasteiger partial charge in [-0.2, -0.15) is 0 Å². The highest BCUT2D eigenvalue weighted by molar-refractivity contribution is 5.95. The van der Waals surface area contributed by atoms with E-state index in [2.05, 4.69) is 26.5 Å². The van der Waals surface area contributed by atoms with E-state index >= 15 is 0 Å². The molecule has 3 rings (SSSR count). The molecule has 0 aromatic heterocycles. The molecule has 0 amide bonds. The lowest BCUT2D eigenvalue weighted by Gasteiger charge is -2.64. The van der Waals surface area contributed by atoms with Gasteiger partial charge in [-0.25, -0.2) is 0 Å². The highest BCUT2D eigenvalue weighted by Gasteiger charge is 2.64. The Balaban J connectivity index is 2.08. The molecule has 0 radical (unpaired) electrons. The van der Waals surface area contributed by atoms with Crippen LogP contribution in [0.5, 0.6) is 0 Å². The summed E-state index contributed by atoms with van der Waals surface area (Å²) in [4.78, 5) is 12.4. The van der Waals surface area contributed by atoms with Crippen molar-refractivity contribution in [3.63, 3.8) is 0 Å². The van der Waals surface area contributed by atoms with Crippen LogP contribution in [0.4, 0.5) is 0 Å². The lowest BCUT2D eigenvalue weighted by Crippen LogP contribution is -2.66. The van der Waals surface area contributed by atoms with Gasteiger partial charge in [-0.05, 0) is 44.1 Å². The molecule has 3 aliphatic rings. The Morgan fingerprint density at radius 1 is 1.30 bits per heavy atom. The second-order valence-corrected chi connectivity index (χ2v) is 9.06. The molecule has 0 spiro atoms. The summed E-state index contributed by atoms with van der Waals surface area (Å²) in [6.07, 6.45) is 7.50. The Morgan fingerprint density at radius 3 is 2.57 bits per heavy atom. The average molecular weight is 318 g/mol. The van der Waals surface area contributed by atoms with Crippen LogP contribution in [0.15, 0.2) is 24.8 Å². The third-order valence-electron chi connectivity index (χ3n) is 7.01. The van der Waals surface area contributed by atoms with E-state index in [1.165, 1.54) is 0 Å². The minimum absolute atomic E-state index is 0.00889. The minimum atomic E-state index is -0.489. The molecule has 0 aromatic rings. The molecular weight excluding hydrogens is 288 g/mol. The number of ether oxygens (including phenoxy) is 1. The fourth-order valence-electron chi connectivity index (χ4n) is 5.94. The van der Waals surface area contributed by atoms with Crippen molar-refractivity contribution in [1.82, 2.24) is 0 Å². The van der Waals surface area contributed by atoms with Crippen LogP contribution < -0.4 is 0 Å². The summed E-state index contributed by atoms with van der Waals surface area (Å²) in [5.74, 6) is 0.424. The lowest BCUT2D eigenvalue weighted by molar-refractivity contribution is -0.268. The van der Waals surface area contributed by atoms with E-state index in [9.17, 15) is 9.90 Å². The molecule has 0 aromatic carbocycles. The first-order chi connectivity index (χ1) is 10.5. The molecule has 2 fully saturated rings. The molecule has 1 saturated carbocycles. The van der Waals surface area contributed by atoms with Crippen molar-refractivity contribution in [3.8, 4) is 0 Å². The van der Waals surface area contributed by atoms with Gasteiger partial charge < -0.3 is 9.84 Å². The number of fused-ring (bicyclic) bond motifs is 3. The first-order valence-corrected chi connectivity index (χ1v) is 8.74. The summed E-state index contributed by atoms with van der Waals surface area (Å²) in [7, 11) is 0. The summed E-state index contributed by atoms with van der Waals surface area (Å²) in [5.41, 5.74) is -1.50. The van der Waals surface area contributed by atoms with Crippen LogP contribution in [0.1, 0.15) is 53.9 Å². The van der Waals surface area contributed by atoms with E-state index in [4.69, 9.17) is 4.74 Å². The first kappa shape index (κ1) is 16.9. The Morgan fingerprint density at radius 2 is 1.96 bits per heavy atom. The topological polar surface area (TPSA) is 46.5 Å². The molecule has 128 valence electrons. The molecule has 6 atom stereocenters. The van der Waals surface area contributed by atoms with Gasteiger partial charge in [0, 0.05) is 17.8 Å². The van der Waals surface area contributed by atoms with Gasteiger partial charge in [0.1, 0.15) is 0 Å². The van der Waals surface area contributed by atoms with Crippen molar-refractivity contribution in [1.29, 1.82) is 0 Å². The van der Waals surface area contributed by atoms with Gasteiger partial charge >= 0.3 is 0 Å². The van der Waals surface area contributed by atoms with Crippen LogP contribution in [0.3, 0.4) is 0 Å². The molecule has 2 aliphatic carbocycles. The third kappa shape index (κ3) is 2.20. The van der Waals surface area contributed by atoms with Crippen molar-refractivity contribution in [2.24, 2.45) is 22.7 Å². The van der Waals surface area contributed by atoms with Crippen LogP contribution in [-0.4, -0.2) is 28.2 Å². The van der Waals surface area contributed by atoms with Gasteiger partial charge in [-0.15, -0.1) is 6.58 Å². The molecule has 1 saturated heterocycles. The Labute approximate surface area is 139 Å². The third-order valence-corrected chi connectivity index (χ3v) is 7.01. The molecular formula is C20H30O3. The molecule has 3 heteroatoms. The van der Waals surface area contributed by atoms with E-state index in [1.807, 2.05) is 26.8 Å². The second kappa shape index (κ2) is 4.80. The monoisotopic (exact) mass is 318 g/mol. The van der Waals surface area contributed by atoms with Crippen molar-refractivity contribution in [3.05, 3.63) is 24.8 Å². The summed E-state index contributed by atoms with van der Waals surface area (Å²) >= 11 is 0. The van der Waals surface area contributed by atoms with Gasteiger partial charge in [0.05, 0.1) is 17.3 Å². The van der Waals surface area contributed by atoms with Gasteiger partial charge in [-0.1, -0.05) is 32.9 Å². The number of carbonyl (C=O) groups is 1. The SMILES string of the molecule is C=C[C@@]1(C)C[C@@H](O)[C@H]2[C@]3(C)C=CC(=O)C(C)(C)[C@H]3CC[C@]2(C)O1. The largest absolute Gasteiger partial charge is 0.393 e. The molecule has 1 heterocycles. The number of rotatable bonds is 1. The lowest BCUT2D eigenvalue weighted by atomic mass is 9.45. The molecule has 3 nitrogen and oxygen atoms in total. The molecule has 0 bridgehead atoms. The van der Waals surface area contributed by atoms with Crippen molar-refractivity contribution in [2.45, 2.75) is 71.2 Å². The maximum atomic E-state index is 12.4. The summed E-state index contributed by atoms with van der Waals surface area (Å²) in [5, 5.41) is 11.0. The summed E-state index contributed by atoms with van der Waals surface area (Å²) in [6, 6.07) is 0. The van der Waals surface area contributed by atoms with Crippen LogP contribution >= 0.6 is 0 Å². The Bertz CT molecular complexity index is 577. The number of carbonyl (C=O) groups excluding carboxylic acids is 1. The van der Waals surface area contributed by atoms with E-state index in [0.29, 0.717) is 6.42 Å². The number of aliphatic hydroxyl groups excluding tert-OH is 1. The Kier molecular flexibility index (Phi) is 3.53. The van der Waals surface area contributed by atoms with Crippen LogP contribution in [0.2, 0.25) is 0 Å². The van der Waals surface area contributed by atoms with Crippen LogP contribution in [0, 0.1) is 22.7 Å². The minimum Gasteiger partial charge on any atom is -0.393 e. The number of ketones is 1. The van der Waals surface area contributed by atoms with Crippen molar-refractivity contribution < 1.29 is 14.6 Å². The fourth-order valence-corrected chi connectivity index (χ4v) is 5.94. The summed E-state index contributed by atoms with van der Waals surface area (Å²) in [6.45, 7) is 14.3. The first-order valence-electron chi connectivity index (χ1n) is 8.74. The Hall–Kier alpha value is -0.930. The van der Waals surface area contributed by atoms with Gasteiger partial charge in [0.25, 0.3) is 0 Å². The predicted octanol–water partition coefficient (Wildman–Crippen LogP) is 3.67. The number of hydrogen-bond acceptors (Lipinski definition) is 3. The smallest absolute Gasteiger partial charge is 0.161 e. The highest BCUT2D eigenvalue weighted by atomic mass is 16.5. The molecule has 0 unspecified atom stereocenters. The number of hydrogen-bond donors (Lipinski definition) is 1. The van der Waals surface area contributed by atoms with Crippen molar-refractivity contribution >= 4 is 5.78 Å². The van der Waals surface area contributed by atoms with Gasteiger partial charge in [0.15, 0.2) is 5.78 Å². The van der Waals surface area contributed by atoms with Gasteiger partial charge in [0.2, 0.25) is 0 Å². The highest BCUT2D eigenvalue weighted by Crippen LogP contribution is 2.63. The van der Waals surface area contributed by atoms with E-state index < -0.39 is 17.3 Å². The fraction of sp³-hybridized carbons (Fsp3) is 0.750. The van der Waals surface area contributed by atoms with E-state index in [1.54, 1.807) is 6.08 Å². The van der Waals surface area contributed by atoms with Crippen LogP contribution in [-0.2, 0) is 9.53 Å². The maximum absolute atomic E-state index is 12.4. The molecule has 1 N–H and O–H groups in total. The average Bonchev–Trinajstić information content (AvgIpc) is 2.41. The van der Waals surface area contributed by atoms with Gasteiger partial charge in [-0.3, -0.25) is 4.79 Å². The predicted molar refractivity (Wildman–Crippen MR) is 91.0 cm³/mol. The maximum Gasteiger partial charge on any atom is 0.161 e. The van der Waals surface area contributed by atoms with Crippen molar-refractivity contribution in [2.75, 3.05) is 0 Å². The van der Waals surface area contributed by atoms with E-state index in [0.717, 1.165) is 12.8 Å². The number of aliphatic hydroxyl groups is 1. The quantitative estimate of drug-likeness (QED) is 0.750. The standard InChI is InChI=1S/C20H30O3/c1-7-18(4)12-13(21)16-19(5)10-9-15(22)17(2,3)14(19)8-11-20(16,6)23-18/h7,9-10,13-14,16,21H,1,8,11-12H2,2-6H3/t13-,14-,16+,18+,19-,20+/m1/s1. The zero-order valence-corrected chi connectivity index (χ0v) is 15.1. The molecule has 1 aliphatic heterocycles. The molecule has 23 heavy (non-hydrogen) atoms. The number of allylic oxidation sites excluding steroid dienone is 2. The van der Waals surface area contributed by atoms with Crippen LogP contribution in [0.25, 0.3) is 0 Å². The second-order valence-electron chi connectivity index (χ2n) is 9.06.